The van der Waals surface area contributed by atoms with E-state index in [1.807, 2.05) is 6.20 Å². The molecule has 4 nitrogen and oxygen atoms in total. The number of nitrogens with zero attached hydrogens (tertiary/aromatic N) is 2. The number of aliphatic carboxylic acids is 1. The molecule has 20 heavy (non-hydrogen) atoms. The minimum absolute atomic E-state index is 0.0207. The third kappa shape index (κ3) is 3.78. The Morgan fingerprint density at radius 2 is 2.20 bits per heavy atom. The van der Waals surface area contributed by atoms with E-state index in [4.69, 9.17) is 5.11 Å². The fourth-order valence-electron chi connectivity index (χ4n) is 2.50. The third-order valence-corrected chi connectivity index (χ3v) is 4.62. The number of hydrogen-bond acceptors (Lipinski definition) is 3. The first-order valence-electron chi connectivity index (χ1n) is 7.21. The molecule has 1 aliphatic carbocycles. The van der Waals surface area contributed by atoms with Crippen molar-refractivity contribution < 1.29 is 9.90 Å². The van der Waals surface area contributed by atoms with Crippen LogP contribution < -0.4 is 0 Å². The van der Waals surface area contributed by atoms with Gasteiger partial charge in [-0.1, -0.05) is 45.4 Å². The second-order valence-electron chi connectivity index (χ2n) is 6.76. The fraction of sp³-hybridized carbons (Fsp3) is 0.733. The smallest absolute Gasteiger partial charge is 0.313 e. The number of thioether (sulfide) groups is 1. The van der Waals surface area contributed by atoms with Gasteiger partial charge in [0.15, 0.2) is 5.16 Å². The molecule has 0 aliphatic heterocycles. The Kier molecular flexibility index (Phi) is 4.47. The van der Waals surface area contributed by atoms with E-state index < -0.39 is 5.97 Å². The van der Waals surface area contributed by atoms with Crippen LogP contribution in [0.3, 0.4) is 0 Å². The summed E-state index contributed by atoms with van der Waals surface area (Å²) in [5.41, 5.74) is 1.21. The molecule has 1 aromatic rings. The molecule has 5 heteroatoms. The van der Waals surface area contributed by atoms with Gasteiger partial charge in [-0.15, -0.1) is 0 Å². The highest BCUT2D eigenvalue weighted by Gasteiger charge is 2.29. The number of aromatic nitrogens is 2. The van der Waals surface area contributed by atoms with Crippen molar-refractivity contribution in [2.45, 2.75) is 63.6 Å². The zero-order valence-corrected chi connectivity index (χ0v) is 13.5. The summed E-state index contributed by atoms with van der Waals surface area (Å²) >= 11 is 1.32. The lowest BCUT2D eigenvalue weighted by atomic mass is 9.92. The average Bonchev–Trinajstić information content (AvgIpc) is 3.01. The monoisotopic (exact) mass is 296 g/mol. The van der Waals surface area contributed by atoms with Gasteiger partial charge in [-0.25, -0.2) is 4.98 Å². The maximum atomic E-state index is 10.8. The van der Waals surface area contributed by atoms with Crippen LogP contribution in [0, 0.1) is 5.92 Å². The summed E-state index contributed by atoms with van der Waals surface area (Å²) < 4.78 is 2.26. The zero-order valence-electron chi connectivity index (χ0n) is 12.7. The number of carboxylic acids is 1. The van der Waals surface area contributed by atoms with Crippen LogP contribution in [0.15, 0.2) is 11.4 Å². The van der Waals surface area contributed by atoms with E-state index in [0.29, 0.717) is 6.04 Å². The van der Waals surface area contributed by atoms with Crippen LogP contribution in [0.1, 0.15) is 58.7 Å². The molecular formula is C15H24N2O2S. The van der Waals surface area contributed by atoms with Crippen LogP contribution in [0.4, 0.5) is 0 Å². The minimum Gasteiger partial charge on any atom is -0.481 e. The van der Waals surface area contributed by atoms with E-state index in [1.165, 1.54) is 36.7 Å². The van der Waals surface area contributed by atoms with E-state index in [1.54, 1.807) is 0 Å². The molecule has 112 valence electrons. The van der Waals surface area contributed by atoms with Crippen LogP contribution in [-0.4, -0.2) is 26.4 Å². The molecular weight excluding hydrogens is 272 g/mol. The van der Waals surface area contributed by atoms with Gasteiger partial charge < -0.3 is 9.67 Å². The topological polar surface area (TPSA) is 55.1 Å². The number of carboxylic acid groups (broad SMARTS) is 1. The molecule has 1 aromatic heterocycles. The summed E-state index contributed by atoms with van der Waals surface area (Å²) in [6, 6.07) is 0.385. The summed E-state index contributed by atoms with van der Waals surface area (Å²) in [6.07, 6.45) is 5.75. The average molecular weight is 296 g/mol. The maximum Gasteiger partial charge on any atom is 0.313 e. The number of carbonyl (C=O) groups is 1. The molecule has 1 atom stereocenters. The molecule has 1 fully saturated rings. The molecule has 0 saturated heterocycles. The van der Waals surface area contributed by atoms with E-state index in [2.05, 4.69) is 37.2 Å². The quantitative estimate of drug-likeness (QED) is 0.813. The van der Waals surface area contributed by atoms with Crippen molar-refractivity contribution in [2.75, 3.05) is 5.75 Å². The van der Waals surface area contributed by atoms with Crippen molar-refractivity contribution in [1.29, 1.82) is 0 Å². The van der Waals surface area contributed by atoms with Gasteiger partial charge >= 0.3 is 5.97 Å². The molecule has 0 bridgehead atoms. The Morgan fingerprint density at radius 3 is 2.70 bits per heavy atom. The van der Waals surface area contributed by atoms with E-state index in [-0.39, 0.29) is 11.2 Å². The van der Waals surface area contributed by atoms with Crippen molar-refractivity contribution >= 4 is 17.7 Å². The van der Waals surface area contributed by atoms with Crippen molar-refractivity contribution in [3.05, 3.63) is 11.9 Å². The van der Waals surface area contributed by atoms with Gasteiger partial charge in [-0.2, -0.15) is 0 Å². The van der Waals surface area contributed by atoms with Gasteiger partial charge in [0.05, 0.1) is 5.75 Å². The number of rotatable bonds is 6. The minimum atomic E-state index is -0.795. The van der Waals surface area contributed by atoms with Gasteiger partial charge in [0.25, 0.3) is 0 Å². The van der Waals surface area contributed by atoms with Gasteiger partial charge in [0.1, 0.15) is 0 Å². The lowest BCUT2D eigenvalue weighted by molar-refractivity contribution is -0.133. The maximum absolute atomic E-state index is 10.8. The van der Waals surface area contributed by atoms with Crippen molar-refractivity contribution in [2.24, 2.45) is 5.92 Å². The van der Waals surface area contributed by atoms with Crippen molar-refractivity contribution in [3.63, 3.8) is 0 Å². The van der Waals surface area contributed by atoms with Crippen LogP contribution in [0.5, 0.6) is 0 Å². The Bertz CT molecular complexity index is 487. The first-order chi connectivity index (χ1) is 9.29. The summed E-state index contributed by atoms with van der Waals surface area (Å²) in [4.78, 5) is 15.3. The van der Waals surface area contributed by atoms with Gasteiger partial charge in [-0.3, -0.25) is 4.79 Å². The van der Waals surface area contributed by atoms with Gasteiger partial charge in [-0.05, 0) is 19.3 Å². The number of hydrogen-bond donors (Lipinski definition) is 1. The molecule has 1 aliphatic rings. The van der Waals surface area contributed by atoms with Crippen LogP contribution >= 0.6 is 11.8 Å². The predicted octanol–water partition coefficient (Wildman–Crippen LogP) is 3.72. The van der Waals surface area contributed by atoms with E-state index in [9.17, 15) is 4.79 Å². The Morgan fingerprint density at radius 1 is 1.55 bits per heavy atom. The summed E-state index contributed by atoms with van der Waals surface area (Å²) in [5.74, 6) is 0.116. The zero-order chi connectivity index (χ0) is 14.9. The van der Waals surface area contributed by atoms with E-state index >= 15 is 0 Å². The molecule has 1 saturated carbocycles. The highest BCUT2D eigenvalue weighted by Crippen LogP contribution is 2.39. The molecule has 0 spiro atoms. The number of imidazole rings is 1. The van der Waals surface area contributed by atoms with Crippen LogP contribution in [-0.2, 0) is 10.2 Å². The molecule has 1 N–H and O–H groups in total. The van der Waals surface area contributed by atoms with Gasteiger partial charge in [0.2, 0.25) is 0 Å². The summed E-state index contributed by atoms with van der Waals surface area (Å²) in [7, 11) is 0. The van der Waals surface area contributed by atoms with Crippen LogP contribution in [0.25, 0.3) is 0 Å². The molecule has 1 heterocycles. The summed E-state index contributed by atoms with van der Waals surface area (Å²) in [6.45, 7) is 8.75. The largest absolute Gasteiger partial charge is 0.481 e. The second-order valence-corrected chi connectivity index (χ2v) is 7.70. The first-order valence-corrected chi connectivity index (χ1v) is 8.20. The predicted molar refractivity (Wildman–Crippen MR) is 81.3 cm³/mol. The highest BCUT2D eigenvalue weighted by atomic mass is 32.2. The Balaban J connectivity index is 2.25. The molecule has 0 amide bonds. The van der Waals surface area contributed by atoms with Crippen LogP contribution in [0.2, 0.25) is 0 Å². The SMILES string of the molecule is CC(CC1CC1)n1c(C(C)(C)C)cnc1SCC(=O)O. The lowest BCUT2D eigenvalue weighted by Gasteiger charge is -2.26. The normalized spacial score (nSPS) is 17.2. The molecule has 0 radical (unpaired) electrons. The third-order valence-electron chi connectivity index (χ3n) is 3.67. The molecule has 1 unspecified atom stereocenters. The Hall–Kier alpha value is -0.970. The molecule has 2 rings (SSSR count). The standard InChI is InChI=1S/C15H24N2O2S/c1-10(7-11-5-6-11)17-12(15(2,3)4)8-16-14(17)20-9-13(18)19/h8,10-11H,5-7,9H2,1-4H3,(H,18,19). The molecule has 0 aromatic carbocycles. The van der Waals surface area contributed by atoms with Crippen molar-refractivity contribution in [3.8, 4) is 0 Å². The first kappa shape index (κ1) is 15.4. The van der Waals surface area contributed by atoms with Gasteiger partial charge in [0, 0.05) is 23.3 Å². The van der Waals surface area contributed by atoms with E-state index in [0.717, 1.165) is 11.1 Å². The second kappa shape index (κ2) is 5.80. The van der Waals surface area contributed by atoms with Crippen molar-refractivity contribution in [1.82, 2.24) is 9.55 Å². The fourth-order valence-corrected chi connectivity index (χ4v) is 3.30. The Labute approximate surface area is 125 Å². The highest BCUT2D eigenvalue weighted by molar-refractivity contribution is 7.99. The lowest BCUT2D eigenvalue weighted by Crippen LogP contribution is -2.21. The summed E-state index contributed by atoms with van der Waals surface area (Å²) in [5, 5.41) is 9.71.